The van der Waals surface area contributed by atoms with Crippen LogP contribution in [0, 0.1) is 0 Å². The van der Waals surface area contributed by atoms with Crippen LogP contribution in [0.15, 0.2) is 0 Å². The predicted molar refractivity (Wildman–Crippen MR) is 39.9 cm³/mol. The van der Waals surface area contributed by atoms with Gasteiger partial charge < -0.3 is 10.4 Å². The first kappa shape index (κ1) is 7.93. The number of hydrogen-bond donors (Lipinski definition) is 2. The molecule has 1 amide bonds. The van der Waals surface area contributed by atoms with Crippen molar-refractivity contribution in [3.05, 3.63) is 0 Å². The van der Waals surface area contributed by atoms with Crippen LogP contribution in [0.3, 0.4) is 0 Å². The summed E-state index contributed by atoms with van der Waals surface area (Å²) in [6.45, 7) is 0. The topological polar surface area (TPSA) is 69.6 Å². The SMILES string of the molecule is CN1C(=O)C(C(=O)O)NC1=S. The summed E-state index contributed by atoms with van der Waals surface area (Å²) in [5.41, 5.74) is 0. The quantitative estimate of drug-likeness (QED) is 0.385. The smallest absolute Gasteiger partial charge is 0.336 e. The molecule has 0 aromatic rings. The van der Waals surface area contributed by atoms with Crippen LogP contribution in [0.5, 0.6) is 0 Å². The van der Waals surface area contributed by atoms with Gasteiger partial charge in [0.15, 0.2) is 5.11 Å². The number of hydrogen-bond acceptors (Lipinski definition) is 3. The van der Waals surface area contributed by atoms with E-state index in [1.165, 1.54) is 7.05 Å². The zero-order chi connectivity index (χ0) is 8.59. The molecule has 0 spiro atoms. The molecule has 0 aromatic carbocycles. The molecule has 1 unspecified atom stereocenters. The van der Waals surface area contributed by atoms with Crippen LogP contribution in [0.1, 0.15) is 0 Å². The summed E-state index contributed by atoms with van der Waals surface area (Å²) in [6.07, 6.45) is 0. The average Bonchev–Trinajstić information content (AvgIpc) is 2.17. The zero-order valence-corrected chi connectivity index (χ0v) is 6.51. The van der Waals surface area contributed by atoms with Crippen molar-refractivity contribution in [1.82, 2.24) is 10.2 Å². The minimum atomic E-state index is -1.21. The molecule has 1 saturated heterocycles. The molecule has 5 nitrogen and oxygen atoms in total. The van der Waals surface area contributed by atoms with Gasteiger partial charge in [-0.3, -0.25) is 9.69 Å². The van der Waals surface area contributed by atoms with E-state index in [-0.39, 0.29) is 5.11 Å². The number of carboxylic acids is 1. The maximum Gasteiger partial charge on any atom is 0.336 e. The van der Waals surface area contributed by atoms with E-state index in [0.717, 1.165) is 4.90 Å². The van der Waals surface area contributed by atoms with Crippen molar-refractivity contribution >= 4 is 29.2 Å². The first-order chi connectivity index (χ1) is 5.04. The second-order valence-corrected chi connectivity index (χ2v) is 2.50. The van der Waals surface area contributed by atoms with Gasteiger partial charge in [0.05, 0.1) is 0 Å². The summed E-state index contributed by atoms with van der Waals surface area (Å²) in [5, 5.41) is 11.0. The van der Waals surface area contributed by atoms with Crippen LogP contribution >= 0.6 is 12.2 Å². The lowest BCUT2D eigenvalue weighted by Gasteiger charge is -2.03. The van der Waals surface area contributed by atoms with E-state index < -0.39 is 17.9 Å². The lowest BCUT2D eigenvalue weighted by Crippen LogP contribution is -2.37. The van der Waals surface area contributed by atoms with Gasteiger partial charge in [-0.05, 0) is 12.2 Å². The highest BCUT2D eigenvalue weighted by Gasteiger charge is 2.37. The molecular weight excluding hydrogens is 168 g/mol. The Hall–Kier alpha value is -1.17. The molecular formula is C5H6N2O3S. The summed E-state index contributed by atoms with van der Waals surface area (Å²) in [6, 6.07) is -1.20. The molecule has 0 aromatic heterocycles. The van der Waals surface area contributed by atoms with Gasteiger partial charge in [-0.2, -0.15) is 0 Å². The Morgan fingerprint density at radius 2 is 2.36 bits per heavy atom. The molecule has 0 saturated carbocycles. The number of nitrogens with zero attached hydrogens (tertiary/aromatic N) is 1. The largest absolute Gasteiger partial charge is 0.479 e. The maximum absolute atomic E-state index is 11.0. The van der Waals surface area contributed by atoms with E-state index in [0.29, 0.717) is 0 Å². The van der Waals surface area contributed by atoms with Crippen molar-refractivity contribution in [2.75, 3.05) is 7.05 Å². The molecule has 6 heteroatoms. The van der Waals surface area contributed by atoms with Crippen molar-refractivity contribution in [1.29, 1.82) is 0 Å². The summed E-state index contributed by atoms with van der Waals surface area (Å²) in [7, 11) is 1.43. The number of thiocarbonyl (C=S) groups is 1. The minimum Gasteiger partial charge on any atom is -0.479 e. The molecule has 11 heavy (non-hydrogen) atoms. The number of nitrogens with one attached hydrogen (secondary N) is 1. The highest BCUT2D eigenvalue weighted by molar-refractivity contribution is 7.80. The molecule has 2 N–H and O–H groups in total. The standard InChI is InChI=1S/C5H6N2O3S/c1-7-3(8)2(4(9)10)6-5(7)11/h2H,1H3,(H,6,11)(H,9,10). The average molecular weight is 174 g/mol. The number of aliphatic carboxylic acids is 1. The van der Waals surface area contributed by atoms with Crippen LogP contribution < -0.4 is 5.32 Å². The number of rotatable bonds is 1. The van der Waals surface area contributed by atoms with Crippen molar-refractivity contribution in [2.24, 2.45) is 0 Å². The van der Waals surface area contributed by atoms with Crippen LogP contribution in [0.4, 0.5) is 0 Å². The summed E-state index contributed by atoms with van der Waals surface area (Å²) < 4.78 is 0. The van der Waals surface area contributed by atoms with Crippen molar-refractivity contribution in [3.8, 4) is 0 Å². The number of amides is 1. The minimum absolute atomic E-state index is 0.155. The zero-order valence-electron chi connectivity index (χ0n) is 5.70. The van der Waals surface area contributed by atoms with Gasteiger partial charge in [0.1, 0.15) is 0 Å². The number of carbonyl (C=O) groups is 2. The third-order valence-electron chi connectivity index (χ3n) is 1.40. The second kappa shape index (κ2) is 2.46. The van der Waals surface area contributed by atoms with E-state index in [9.17, 15) is 9.59 Å². The van der Waals surface area contributed by atoms with Gasteiger partial charge in [-0.15, -0.1) is 0 Å². The van der Waals surface area contributed by atoms with E-state index in [4.69, 9.17) is 5.11 Å². The highest BCUT2D eigenvalue weighted by Crippen LogP contribution is 2.02. The van der Waals surface area contributed by atoms with Crippen molar-refractivity contribution < 1.29 is 14.7 Å². The van der Waals surface area contributed by atoms with Gasteiger partial charge in [0.2, 0.25) is 6.04 Å². The van der Waals surface area contributed by atoms with Crippen LogP contribution in [-0.4, -0.2) is 40.1 Å². The second-order valence-electron chi connectivity index (χ2n) is 2.12. The Morgan fingerprint density at radius 3 is 2.55 bits per heavy atom. The molecule has 60 valence electrons. The monoisotopic (exact) mass is 174 g/mol. The number of carboxylic acid groups (broad SMARTS) is 1. The number of likely N-dealkylation sites (N-methyl/N-ethyl adjacent to an activating group) is 1. The number of carbonyl (C=O) groups excluding carboxylic acids is 1. The van der Waals surface area contributed by atoms with Gasteiger partial charge in [0, 0.05) is 7.05 Å². The predicted octanol–water partition coefficient (Wildman–Crippen LogP) is -1.21. The first-order valence-corrected chi connectivity index (χ1v) is 3.25. The van der Waals surface area contributed by atoms with E-state index in [2.05, 4.69) is 17.5 Å². The van der Waals surface area contributed by atoms with Crippen LogP contribution in [-0.2, 0) is 9.59 Å². The Morgan fingerprint density at radius 1 is 1.82 bits per heavy atom. The van der Waals surface area contributed by atoms with Gasteiger partial charge in [-0.25, -0.2) is 4.79 Å². The summed E-state index contributed by atoms with van der Waals surface area (Å²) in [4.78, 5) is 22.4. The maximum atomic E-state index is 11.0. The molecule has 0 aliphatic carbocycles. The van der Waals surface area contributed by atoms with E-state index in [1.807, 2.05) is 0 Å². The van der Waals surface area contributed by atoms with Crippen molar-refractivity contribution in [3.63, 3.8) is 0 Å². The lowest BCUT2D eigenvalue weighted by molar-refractivity contribution is -0.143. The Balaban J connectivity index is 2.83. The van der Waals surface area contributed by atoms with Crippen molar-refractivity contribution in [2.45, 2.75) is 6.04 Å². The third kappa shape index (κ3) is 1.16. The summed E-state index contributed by atoms with van der Waals surface area (Å²) in [5.74, 6) is -1.73. The Bertz CT molecular complexity index is 240. The lowest BCUT2D eigenvalue weighted by atomic mass is 10.3. The Kier molecular flexibility index (Phi) is 1.77. The fourth-order valence-corrected chi connectivity index (χ4v) is 0.951. The van der Waals surface area contributed by atoms with E-state index in [1.54, 1.807) is 0 Å². The van der Waals surface area contributed by atoms with Gasteiger partial charge in [0.25, 0.3) is 5.91 Å². The van der Waals surface area contributed by atoms with Crippen LogP contribution in [0.25, 0.3) is 0 Å². The molecule has 1 aliphatic rings. The van der Waals surface area contributed by atoms with Gasteiger partial charge >= 0.3 is 5.97 Å². The van der Waals surface area contributed by atoms with Crippen LogP contribution in [0.2, 0.25) is 0 Å². The Labute approximate surface area is 68.0 Å². The van der Waals surface area contributed by atoms with Gasteiger partial charge in [-0.1, -0.05) is 0 Å². The highest BCUT2D eigenvalue weighted by atomic mass is 32.1. The molecule has 0 radical (unpaired) electrons. The molecule has 0 bridgehead atoms. The molecule has 1 fully saturated rings. The van der Waals surface area contributed by atoms with E-state index >= 15 is 0 Å². The fraction of sp³-hybridized carbons (Fsp3) is 0.400. The first-order valence-electron chi connectivity index (χ1n) is 2.85. The molecule has 1 rings (SSSR count). The molecule has 1 atom stereocenters. The third-order valence-corrected chi connectivity index (χ3v) is 1.79. The fourth-order valence-electron chi connectivity index (χ4n) is 0.743. The summed E-state index contributed by atoms with van der Waals surface area (Å²) >= 11 is 4.65. The normalized spacial score (nSPS) is 23.7. The molecule has 1 aliphatic heterocycles. The molecule has 1 heterocycles.